The van der Waals surface area contributed by atoms with Gasteiger partial charge < -0.3 is 15.5 Å². The Morgan fingerprint density at radius 2 is 2.00 bits per heavy atom. The number of fused-ring (bicyclic) bond motifs is 1. The summed E-state index contributed by atoms with van der Waals surface area (Å²) in [6.07, 6.45) is 6.58. The van der Waals surface area contributed by atoms with Crippen LogP contribution in [-0.2, 0) is 0 Å². The molecule has 0 saturated heterocycles. The van der Waals surface area contributed by atoms with Crippen LogP contribution in [0.5, 0.6) is 0 Å². The average molecular weight is 244 g/mol. The molecule has 0 unspecified atom stereocenters. The molecule has 0 atom stereocenters. The molecular formula is C15H20N2O. The molecule has 1 aromatic heterocycles. The summed E-state index contributed by atoms with van der Waals surface area (Å²) in [6, 6.07) is 8.69. The molecule has 18 heavy (non-hydrogen) atoms. The van der Waals surface area contributed by atoms with E-state index in [9.17, 15) is 0 Å². The van der Waals surface area contributed by atoms with Crippen molar-refractivity contribution in [3.63, 3.8) is 0 Å². The summed E-state index contributed by atoms with van der Waals surface area (Å²) in [5.41, 5.74) is 8.05. The lowest BCUT2D eigenvalue weighted by atomic mass is 9.86. The molecule has 0 spiro atoms. The molecule has 3 N–H and O–H groups in total. The van der Waals surface area contributed by atoms with E-state index in [1.54, 1.807) is 6.26 Å². The summed E-state index contributed by atoms with van der Waals surface area (Å²) in [5.74, 6) is 0.768. The third-order valence-electron chi connectivity index (χ3n) is 3.94. The molecule has 1 saturated carbocycles. The Morgan fingerprint density at radius 1 is 1.17 bits per heavy atom. The first-order valence-corrected chi connectivity index (χ1v) is 6.78. The van der Waals surface area contributed by atoms with Gasteiger partial charge in [0.1, 0.15) is 5.58 Å². The molecule has 96 valence electrons. The summed E-state index contributed by atoms with van der Waals surface area (Å²) in [5, 5.41) is 4.69. The van der Waals surface area contributed by atoms with Gasteiger partial charge in [-0.25, -0.2) is 0 Å². The van der Waals surface area contributed by atoms with Crippen molar-refractivity contribution in [1.82, 2.24) is 0 Å². The minimum Gasteiger partial charge on any atom is -0.464 e. The number of furan rings is 1. The van der Waals surface area contributed by atoms with Crippen LogP contribution in [0.4, 0.5) is 5.69 Å². The number of benzene rings is 1. The monoisotopic (exact) mass is 244 g/mol. The van der Waals surface area contributed by atoms with Crippen LogP contribution in [0, 0.1) is 5.92 Å². The number of hydrogen-bond acceptors (Lipinski definition) is 3. The Labute approximate surface area is 107 Å². The van der Waals surface area contributed by atoms with E-state index in [0.717, 1.165) is 23.4 Å². The first kappa shape index (κ1) is 11.6. The highest BCUT2D eigenvalue weighted by Gasteiger charge is 2.18. The van der Waals surface area contributed by atoms with Crippen molar-refractivity contribution < 1.29 is 4.42 Å². The van der Waals surface area contributed by atoms with Crippen LogP contribution in [-0.4, -0.2) is 12.6 Å². The molecule has 1 fully saturated rings. The second kappa shape index (κ2) is 5.02. The number of anilines is 1. The Balaban J connectivity index is 1.59. The molecule has 0 amide bonds. The molecule has 3 nitrogen and oxygen atoms in total. The first-order valence-electron chi connectivity index (χ1n) is 6.78. The Hall–Kier alpha value is -1.48. The lowest BCUT2D eigenvalue weighted by Crippen LogP contribution is -2.29. The Morgan fingerprint density at radius 3 is 2.83 bits per heavy atom. The zero-order valence-corrected chi connectivity index (χ0v) is 10.6. The Bertz CT molecular complexity index is 512. The maximum atomic E-state index is 5.92. The van der Waals surface area contributed by atoms with Gasteiger partial charge >= 0.3 is 0 Å². The molecule has 0 bridgehead atoms. The number of nitrogens with one attached hydrogen (secondary N) is 1. The second-order valence-corrected chi connectivity index (χ2v) is 5.33. The van der Waals surface area contributed by atoms with Crippen molar-refractivity contribution in [2.75, 3.05) is 11.9 Å². The molecule has 2 aromatic rings. The van der Waals surface area contributed by atoms with E-state index >= 15 is 0 Å². The topological polar surface area (TPSA) is 51.2 Å². The van der Waals surface area contributed by atoms with Crippen molar-refractivity contribution in [3.05, 3.63) is 30.5 Å². The molecule has 3 rings (SSSR count). The van der Waals surface area contributed by atoms with E-state index < -0.39 is 0 Å². The average Bonchev–Trinajstić information content (AvgIpc) is 2.85. The zero-order valence-electron chi connectivity index (χ0n) is 10.6. The van der Waals surface area contributed by atoms with Crippen LogP contribution in [0.2, 0.25) is 0 Å². The van der Waals surface area contributed by atoms with Crippen molar-refractivity contribution in [1.29, 1.82) is 0 Å². The van der Waals surface area contributed by atoms with Gasteiger partial charge in [-0.2, -0.15) is 0 Å². The molecule has 1 aliphatic rings. The van der Waals surface area contributed by atoms with Gasteiger partial charge in [0.05, 0.1) is 6.26 Å². The van der Waals surface area contributed by atoms with Crippen LogP contribution < -0.4 is 11.1 Å². The third-order valence-corrected chi connectivity index (χ3v) is 3.94. The summed E-state index contributed by atoms with van der Waals surface area (Å²) < 4.78 is 5.34. The molecule has 1 heterocycles. The van der Waals surface area contributed by atoms with Crippen molar-refractivity contribution in [3.8, 4) is 0 Å². The standard InChI is InChI=1S/C15H20N2O/c16-13-3-1-11(2-4-13)10-17-14-5-6-15-12(9-14)7-8-18-15/h5-9,11,13,17H,1-4,10,16H2/t11-,13-. The third kappa shape index (κ3) is 2.51. The van der Waals surface area contributed by atoms with E-state index in [-0.39, 0.29) is 0 Å². The quantitative estimate of drug-likeness (QED) is 0.870. The largest absolute Gasteiger partial charge is 0.464 e. The van der Waals surface area contributed by atoms with E-state index in [1.807, 2.05) is 12.1 Å². The molecule has 0 aliphatic heterocycles. The van der Waals surface area contributed by atoms with E-state index in [4.69, 9.17) is 10.2 Å². The highest BCUT2D eigenvalue weighted by Crippen LogP contribution is 2.25. The van der Waals surface area contributed by atoms with Crippen LogP contribution in [0.25, 0.3) is 11.0 Å². The number of rotatable bonds is 3. The summed E-state index contributed by atoms with van der Waals surface area (Å²) in [7, 11) is 0. The fourth-order valence-electron chi connectivity index (χ4n) is 2.73. The molecular weight excluding hydrogens is 224 g/mol. The van der Waals surface area contributed by atoms with Crippen LogP contribution >= 0.6 is 0 Å². The molecule has 1 aliphatic carbocycles. The zero-order chi connectivity index (χ0) is 12.4. The smallest absolute Gasteiger partial charge is 0.133 e. The van der Waals surface area contributed by atoms with Crippen LogP contribution in [0.15, 0.2) is 34.9 Å². The maximum Gasteiger partial charge on any atom is 0.133 e. The van der Waals surface area contributed by atoms with Gasteiger partial charge in [-0.05, 0) is 55.9 Å². The lowest BCUT2D eigenvalue weighted by molar-refractivity contribution is 0.339. The summed E-state index contributed by atoms with van der Waals surface area (Å²) in [4.78, 5) is 0. The number of hydrogen-bond donors (Lipinski definition) is 2. The van der Waals surface area contributed by atoms with Gasteiger partial charge in [-0.3, -0.25) is 0 Å². The van der Waals surface area contributed by atoms with Gasteiger partial charge in [-0.15, -0.1) is 0 Å². The van der Waals surface area contributed by atoms with Crippen LogP contribution in [0.1, 0.15) is 25.7 Å². The fraction of sp³-hybridized carbons (Fsp3) is 0.467. The minimum atomic E-state index is 0.434. The van der Waals surface area contributed by atoms with Crippen LogP contribution in [0.3, 0.4) is 0 Å². The summed E-state index contributed by atoms with van der Waals surface area (Å²) >= 11 is 0. The predicted octanol–water partition coefficient (Wildman–Crippen LogP) is 3.36. The van der Waals surface area contributed by atoms with Gasteiger partial charge in [0, 0.05) is 23.7 Å². The lowest BCUT2D eigenvalue weighted by Gasteiger charge is -2.26. The minimum absolute atomic E-state index is 0.434. The fourth-order valence-corrected chi connectivity index (χ4v) is 2.73. The van der Waals surface area contributed by atoms with Gasteiger partial charge in [0.25, 0.3) is 0 Å². The van der Waals surface area contributed by atoms with Crippen molar-refractivity contribution in [2.24, 2.45) is 11.7 Å². The molecule has 3 heteroatoms. The van der Waals surface area contributed by atoms with Crippen molar-refractivity contribution in [2.45, 2.75) is 31.7 Å². The van der Waals surface area contributed by atoms with Gasteiger partial charge in [-0.1, -0.05) is 0 Å². The Kier molecular flexibility index (Phi) is 3.24. The predicted molar refractivity (Wildman–Crippen MR) is 74.6 cm³/mol. The van der Waals surface area contributed by atoms with Crippen molar-refractivity contribution >= 4 is 16.7 Å². The van der Waals surface area contributed by atoms with E-state index in [0.29, 0.717) is 6.04 Å². The first-order chi connectivity index (χ1) is 8.81. The van der Waals surface area contributed by atoms with Gasteiger partial charge in [0.2, 0.25) is 0 Å². The number of nitrogens with two attached hydrogens (primary N) is 1. The second-order valence-electron chi connectivity index (χ2n) is 5.33. The molecule has 1 aromatic carbocycles. The van der Waals surface area contributed by atoms with E-state index in [1.165, 1.54) is 31.4 Å². The molecule has 0 radical (unpaired) electrons. The SMILES string of the molecule is N[C@H]1CC[C@H](CNc2ccc3occc3c2)CC1. The summed E-state index contributed by atoms with van der Waals surface area (Å²) in [6.45, 7) is 1.05. The highest BCUT2D eigenvalue weighted by atomic mass is 16.3. The normalized spacial score (nSPS) is 24.3. The highest BCUT2D eigenvalue weighted by molar-refractivity contribution is 5.81. The van der Waals surface area contributed by atoms with Gasteiger partial charge in [0.15, 0.2) is 0 Å². The van der Waals surface area contributed by atoms with E-state index in [2.05, 4.69) is 17.4 Å². The maximum absolute atomic E-state index is 5.92.